The van der Waals surface area contributed by atoms with E-state index in [0.717, 1.165) is 42.3 Å². The van der Waals surface area contributed by atoms with Crippen LogP contribution in [0.2, 0.25) is 0 Å². The van der Waals surface area contributed by atoms with Gasteiger partial charge in [-0.05, 0) is 24.1 Å². The smallest absolute Gasteiger partial charge is 0.261 e. The Kier molecular flexibility index (Phi) is 4.90. The largest absolute Gasteiger partial charge is 0.352 e. The number of rotatable bonds is 4. The van der Waals surface area contributed by atoms with Gasteiger partial charge in [0, 0.05) is 56.2 Å². The van der Waals surface area contributed by atoms with Gasteiger partial charge in [-0.25, -0.2) is 0 Å². The van der Waals surface area contributed by atoms with Gasteiger partial charge in [0.15, 0.2) is 11.6 Å². The molecule has 0 bridgehead atoms. The van der Waals surface area contributed by atoms with Gasteiger partial charge in [0.25, 0.3) is 5.91 Å². The van der Waals surface area contributed by atoms with Crippen molar-refractivity contribution < 1.29 is 4.79 Å². The van der Waals surface area contributed by atoms with Crippen LogP contribution in [0.15, 0.2) is 36.8 Å². The van der Waals surface area contributed by atoms with E-state index in [4.69, 9.17) is 0 Å². The minimum atomic E-state index is -0.0997. The van der Waals surface area contributed by atoms with Crippen molar-refractivity contribution >= 4 is 17.5 Å². The first-order valence-electron chi connectivity index (χ1n) is 10.6. The second-order valence-electron chi connectivity index (χ2n) is 8.51. The van der Waals surface area contributed by atoms with E-state index < -0.39 is 0 Å². The molecule has 9 nitrogen and oxygen atoms in total. The molecule has 5 heterocycles. The average Bonchev–Trinajstić information content (AvgIpc) is 3.37. The maximum atomic E-state index is 13.1. The summed E-state index contributed by atoms with van der Waals surface area (Å²) < 4.78 is 1.73. The van der Waals surface area contributed by atoms with Crippen molar-refractivity contribution in [3.63, 3.8) is 0 Å². The summed E-state index contributed by atoms with van der Waals surface area (Å²) in [7, 11) is 1.86. The lowest BCUT2D eigenvalue weighted by molar-refractivity contribution is 0.0995. The molecule has 1 amide bonds. The predicted octanol–water partition coefficient (Wildman–Crippen LogP) is 1.87. The lowest BCUT2D eigenvalue weighted by Gasteiger charge is -2.36. The molecular formula is C22H26N8O. The Hall–Kier alpha value is -3.33. The Labute approximate surface area is 181 Å². The van der Waals surface area contributed by atoms with E-state index in [0.29, 0.717) is 29.9 Å². The molecule has 0 spiro atoms. The molecule has 0 aliphatic carbocycles. The van der Waals surface area contributed by atoms with Gasteiger partial charge in [-0.3, -0.25) is 19.4 Å². The summed E-state index contributed by atoms with van der Waals surface area (Å²) in [5.41, 5.74) is 3.17. The van der Waals surface area contributed by atoms with E-state index in [1.165, 1.54) is 0 Å². The minimum absolute atomic E-state index is 0.0997. The van der Waals surface area contributed by atoms with Crippen LogP contribution in [-0.4, -0.2) is 56.5 Å². The monoisotopic (exact) mass is 418 g/mol. The molecule has 3 aromatic heterocycles. The minimum Gasteiger partial charge on any atom is -0.352 e. The van der Waals surface area contributed by atoms with Gasteiger partial charge >= 0.3 is 0 Å². The number of aryl methyl sites for hydroxylation is 1. The van der Waals surface area contributed by atoms with Crippen LogP contribution < -0.4 is 15.1 Å². The van der Waals surface area contributed by atoms with Gasteiger partial charge in [0.2, 0.25) is 0 Å². The van der Waals surface area contributed by atoms with E-state index in [1.807, 2.05) is 31.4 Å². The Morgan fingerprint density at radius 1 is 1.13 bits per heavy atom. The van der Waals surface area contributed by atoms with E-state index >= 15 is 0 Å². The van der Waals surface area contributed by atoms with Crippen molar-refractivity contribution in [3.05, 3.63) is 48.0 Å². The number of amides is 1. The zero-order chi connectivity index (χ0) is 21.5. The van der Waals surface area contributed by atoms with Gasteiger partial charge < -0.3 is 10.2 Å². The van der Waals surface area contributed by atoms with Crippen molar-refractivity contribution in [2.24, 2.45) is 13.0 Å². The second kappa shape index (κ2) is 7.73. The Morgan fingerprint density at radius 3 is 2.65 bits per heavy atom. The highest BCUT2D eigenvalue weighted by molar-refractivity contribution is 6.09. The van der Waals surface area contributed by atoms with Gasteiger partial charge in [-0.2, -0.15) is 5.10 Å². The fraction of sp³-hybridized carbons (Fsp3) is 0.409. The van der Waals surface area contributed by atoms with Crippen LogP contribution in [0.1, 0.15) is 29.9 Å². The first kappa shape index (κ1) is 19.6. The predicted molar refractivity (Wildman–Crippen MR) is 118 cm³/mol. The van der Waals surface area contributed by atoms with Crippen LogP contribution >= 0.6 is 0 Å². The maximum Gasteiger partial charge on any atom is 0.261 e. The van der Waals surface area contributed by atoms with E-state index in [-0.39, 0.29) is 5.91 Å². The highest BCUT2D eigenvalue weighted by Gasteiger charge is 2.31. The maximum absolute atomic E-state index is 13.1. The third-order valence-electron chi connectivity index (χ3n) is 6.04. The molecule has 31 heavy (non-hydrogen) atoms. The van der Waals surface area contributed by atoms with Crippen molar-refractivity contribution in [2.45, 2.75) is 26.4 Å². The van der Waals surface area contributed by atoms with Crippen molar-refractivity contribution in [1.82, 2.24) is 30.3 Å². The molecule has 0 radical (unpaired) electrons. The molecule has 1 atom stereocenters. The molecule has 2 aliphatic heterocycles. The molecule has 3 aromatic rings. The van der Waals surface area contributed by atoms with E-state index in [9.17, 15) is 4.79 Å². The third kappa shape index (κ3) is 3.65. The van der Waals surface area contributed by atoms with E-state index in [1.54, 1.807) is 22.0 Å². The summed E-state index contributed by atoms with van der Waals surface area (Å²) in [6.07, 6.45) is 5.46. The van der Waals surface area contributed by atoms with Crippen LogP contribution in [0.4, 0.5) is 11.6 Å². The molecule has 2 aliphatic rings. The molecule has 0 aromatic carbocycles. The Morgan fingerprint density at radius 2 is 1.94 bits per heavy atom. The standard InChI is InChI=1S/C22H26N8O/c1-14(2)18-12-29(7-6-23-18)20-4-5-21(27-26-20)30-13-19-17(22(30)31)8-15(9-24-19)16-10-25-28(3)11-16/h4-5,8-11,14,18,23H,6-7,12-13H2,1-3H3/t18-/m1/s1. The number of pyridine rings is 1. The highest BCUT2D eigenvalue weighted by Crippen LogP contribution is 2.29. The molecule has 9 heteroatoms. The number of anilines is 2. The fourth-order valence-electron chi connectivity index (χ4n) is 4.15. The van der Waals surface area contributed by atoms with Crippen LogP contribution in [-0.2, 0) is 13.6 Å². The number of hydrogen-bond acceptors (Lipinski definition) is 7. The summed E-state index contributed by atoms with van der Waals surface area (Å²) in [4.78, 5) is 21.5. The lowest BCUT2D eigenvalue weighted by atomic mass is 10.0. The van der Waals surface area contributed by atoms with E-state index in [2.05, 4.69) is 44.3 Å². The number of hydrogen-bond donors (Lipinski definition) is 1. The summed E-state index contributed by atoms with van der Waals surface area (Å²) >= 11 is 0. The zero-order valence-corrected chi connectivity index (χ0v) is 18.0. The lowest BCUT2D eigenvalue weighted by Crippen LogP contribution is -2.53. The van der Waals surface area contributed by atoms with Crippen molar-refractivity contribution in [1.29, 1.82) is 0 Å². The summed E-state index contributed by atoms with van der Waals surface area (Å²) in [5, 5.41) is 16.6. The number of fused-ring (bicyclic) bond motifs is 1. The molecule has 0 unspecified atom stereocenters. The summed E-state index contributed by atoms with van der Waals surface area (Å²) in [6, 6.07) is 6.15. The van der Waals surface area contributed by atoms with Crippen LogP contribution in [0.25, 0.3) is 11.1 Å². The molecule has 5 rings (SSSR count). The molecule has 1 N–H and O–H groups in total. The summed E-state index contributed by atoms with van der Waals surface area (Å²) in [5.74, 6) is 1.85. The number of aromatic nitrogens is 5. The number of nitrogens with one attached hydrogen (secondary N) is 1. The van der Waals surface area contributed by atoms with Crippen molar-refractivity contribution in [2.75, 3.05) is 29.4 Å². The SMILES string of the molecule is CC(C)[C@H]1CN(c2ccc(N3Cc4ncc(-c5cnn(C)c5)cc4C3=O)nn2)CCN1. The second-order valence-corrected chi connectivity index (χ2v) is 8.51. The van der Waals surface area contributed by atoms with Gasteiger partial charge in [0.1, 0.15) is 0 Å². The molecule has 1 fully saturated rings. The zero-order valence-electron chi connectivity index (χ0n) is 18.0. The van der Waals surface area contributed by atoms with Gasteiger partial charge in [0.05, 0.1) is 24.0 Å². The molecule has 160 valence electrons. The number of carbonyl (C=O) groups excluding carboxylic acids is 1. The van der Waals surface area contributed by atoms with Crippen LogP contribution in [0.5, 0.6) is 0 Å². The first-order chi connectivity index (χ1) is 15.0. The normalized spacial score (nSPS) is 18.7. The van der Waals surface area contributed by atoms with Gasteiger partial charge in [-0.1, -0.05) is 13.8 Å². The molecule has 0 saturated carbocycles. The first-order valence-corrected chi connectivity index (χ1v) is 10.6. The quantitative estimate of drug-likeness (QED) is 0.691. The Balaban J connectivity index is 1.34. The van der Waals surface area contributed by atoms with Gasteiger partial charge in [-0.15, -0.1) is 10.2 Å². The van der Waals surface area contributed by atoms with Crippen LogP contribution in [0, 0.1) is 5.92 Å². The van der Waals surface area contributed by atoms with Crippen molar-refractivity contribution in [3.8, 4) is 11.1 Å². The fourth-order valence-corrected chi connectivity index (χ4v) is 4.15. The highest BCUT2D eigenvalue weighted by atomic mass is 16.2. The number of piperazine rings is 1. The van der Waals surface area contributed by atoms with Crippen LogP contribution in [0.3, 0.4) is 0 Å². The molecule has 1 saturated heterocycles. The summed E-state index contributed by atoms with van der Waals surface area (Å²) in [6.45, 7) is 7.57. The third-order valence-corrected chi connectivity index (χ3v) is 6.04. The Bertz CT molecular complexity index is 1110. The number of carbonyl (C=O) groups is 1. The number of nitrogens with zero attached hydrogens (tertiary/aromatic N) is 7. The molecular weight excluding hydrogens is 392 g/mol. The topological polar surface area (TPSA) is 92.1 Å². The average molecular weight is 419 g/mol.